The third kappa shape index (κ3) is 6.72. The van der Waals surface area contributed by atoms with Crippen LogP contribution in [0.3, 0.4) is 0 Å². The maximum atomic E-state index is 2.42. The molecule has 0 N–H and O–H groups in total. The molecule has 2 nitrogen and oxygen atoms in total. The van der Waals surface area contributed by atoms with Crippen LogP contribution in [0.15, 0.2) is 279 Å². The lowest BCUT2D eigenvalue weighted by Gasteiger charge is -2.34. The molecule has 1 aromatic heterocycles. The van der Waals surface area contributed by atoms with Crippen molar-refractivity contribution in [1.82, 2.24) is 4.57 Å². The van der Waals surface area contributed by atoms with E-state index in [9.17, 15) is 0 Å². The predicted octanol–water partition coefficient (Wildman–Crippen LogP) is 17.6. The minimum absolute atomic E-state index is 0.445. The van der Waals surface area contributed by atoms with Gasteiger partial charge in [0.05, 0.1) is 16.4 Å². The van der Waals surface area contributed by atoms with Crippen molar-refractivity contribution in [2.45, 2.75) is 5.41 Å². The van der Waals surface area contributed by atoms with Gasteiger partial charge in [-0.1, -0.05) is 212 Å². The molecule has 0 radical (unpaired) electrons. The molecule has 2 heteroatoms. The van der Waals surface area contributed by atoms with Gasteiger partial charge in [-0.3, -0.25) is 0 Å². The summed E-state index contributed by atoms with van der Waals surface area (Å²) in [5, 5.41) is 2.49. The van der Waals surface area contributed by atoms with Crippen LogP contribution in [0.2, 0.25) is 0 Å². The third-order valence-corrected chi connectivity index (χ3v) is 14.3. The smallest absolute Gasteiger partial charge is 0.0713 e. The summed E-state index contributed by atoms with van der Waals surface area (Å²) in [5.41, 5.74) is 21.2. The predicted molar refractivity (Wildman–Crippen MR) is 289 cm³/mol. The van der Waals surface area contributed by atoms with Gasteiger partial charge in [0.15, 0.2) is 0 Å². The monoisotopic (exact) mass is 878 g/mol. The molecule has 1 heterocycles. The first-order chi connectivity index (χ1) is 34.2. The van der Waals surface area contributed by atoms with Gasteiger partial charge in [0.25, 0.3) is 0 Å². The molecule has 0 atom stereocenters. The van der Waals surface area contributed by atoms with Crippen molar-refractivity contribution >= 4 is 38.9 Å². The van der Waals surface area contributed by atoms with E-state index >= 15 is 0 Å². The summed E-state index contributed by atoms with van der Waals surface area (Å²) in [7, 11) is 0. The van der Waals surface area contributed by atoms with Crippen LogP contribution in [0.1, 0.15) is 22.3 Å². The van der Waals surface area contributed by atoms with E-state index < -0.39 is 5.41 Å². The summed E-state index contributed by atoms with van der Waals surface area (Å²) in [4.78, 5) is 2.39. The molecule has 69 heavy (non-hydrogen) atoms. The first kappa shape index (κ1) is 40.3. The van der Waals surface area contributed by atoms with Gasteiger partial charge in [0, 0.05) is 33.5 Å². The van der Waals surface area contributed by atoms with E-state index in [0.717, 1.165) is 22.7 Å². The molecule has 1 aliphatic carbocycles. The van der Waals surface area contributed by atoms with Crippen LogP contribution in [-0.2, 0) is 5.41 Å². The lowest BCUT2D eigenvalue weighted by molar-refractivity contribution is 0.768. The molecule has 11 aromatic carbocycles. The van der Waals surface area contributed by atoms with Gasteiger partial charge in [0.1, 0.15) is 0 Å². The van der Waals surface area contributed by atoms with Crippen LogP contribution in [0.5, 0.6) is 0 Å². The van der Waals surface area contributed by atoms with Crippen LogP contribution in [0.4, 0.5) is 17.1 Å². The Labute approximate surface area is 403 Å². The largest absolute Gasteiger partial charge is 0.310 e. The lowest BCUT2D eigenvalue weighted by Crippen LogP contribution is -2.28. The summed E-state index contributed by atoms with van der Waals surface area (Å²) >= 11 is 0. The average molecular weight is 879 g/mol. The summed E-state index contributed by atoms with van der Waals surface area (Å²) in [6.07, 6.45) is 0. The van der Waals surface area contributed by atoms with Gasteiger partial charge in [-0.2, -0.15) is 0 Å². The fraction of sp³-hybridized carbons (Fsp3) is 0.0149. The number of rotatable bonds is 9. The fourth-order valence-corrected chi connectivity index (χ4v) is 11.2. The summed E-state index contributed by atoms with van der Waals surface area (Å²) in [6.45, 7) is 0. The zero-order chi connectivity index (χ0) is 45.7. The zero-order valence-electron chi connectivity index (χ0n) is 38.0. The van der Waals surface area contributed by atoms with E-state index in [4.69, 9.17) is 0 Å². The molecule has 0 saturated heterocycles. The molecular formula is C67H46N2. The Hall–Kier alpha value is -8.98. The van der Waals surface area contributed by atoms with E-state index in [1.807, 2.05) is 0 Å². The molecule has 0 amide bonds. The van der Waals surface area contributed by atoms with Crippen molar-refractivity contribution in [3.05, 3.63) is 301 Å². The van der Waals surface area contributed by atoms with Gasteiger partial charge in [0.2, 0.25) is 0 Å². The number of benzene rings is 11. The van der Waals surface area contributed by atoms with E-state index in [1.165, 1.54) is 88.6 Å². The minimum atomic E-state index is -0.445. The summed E-state index contributed by atoms with van der Waals surface area (Å²) in [5.74, 6) is 0. The molecule has 324 valence electrons. The van der Waals surface area contributed by atoms with Gasteiger partial charge < -0.3 is 9.47 Å². The summed E-state index contributed by atoms with van der Waals surface area (Å²) < 4.78 is 2.42. The molecule has 12 aromatic rings. The topological polar surface area (TPSA) is 8.17 Å². The van der Waals surface area contributed by atoms with E-state index in [-0.39, 0.29) is 0 Å². The summed E-state index contributed by atoms with van der Waals surface area (Å²) in [6, 6.07) is 102. The minimum Gasteiger partial charge on any atom is -0.310 e. The van der Waals surface area contributed by atoms with Gasteiger partial charge in [-0.05, 0) is 133 Å². The van der Waals surface area contributed by atoms with Crippen LogP contribution in [0.25, 0.3) is 72.0 Å². The van der Waals surface area contributed by atoms with Crippen molar-refractivity contribution in [1.29, 1.82) is 0 Å². The number of hydrogen-bond acceptors (Lipinski definition) is 1. The van der Waals surface area contributed by atoms with Crippen LogP contribution >= 0.6 is 0 Å². The quantitative estimate of drug-likeness (QED) is 0.140. The van der Waals surface area contributed by atoms with Crippen molar-refractivity contribution < 1.29 is 0 Å². The molecule has 0 unspecified atom stereocenters. The van der Waals surface area contributed by atoms with Gasteiger partial charge >= 0.3 is 0 Å². The van der Waals surface area contributed by atoms with Gasteiger partial charge in [-0.15, -0.1) is 0 Å². The first-order valence-corrected chi connectivity index (χ1v) is 23.8. The second kappa shape index (κ2) is 16.7. The first-order valence-electron chi connectivity index (χ1n) is 23.8. The number of para-hydroxylation sites is 2. The third-order valence-electron chi connectivity index (χ3n) is 14.3. The second-order valence-corrected chi connectivity index (χ2v) is 18.1. The number of fused-ring (bicyclic) bond motifs is 6. The Morgan fingerprint density at radius 2 is 0.768 bits per heavy atom. The Bertz CT molecular complexity index is 3780. The molecular weight excluding hydrogens is 833 g/mol. The number of anilines is 3. The van der Waals surface area contributed by atoms with Crippen molar-refractivity contribution in [3.8, 4) is 50.2 Å². The SMILES string of the molecule is c1ccc(-c2cccc(-n3c4ccccc4c4ccc(-c5cccc(-c6ccc(N(c7ccccc7)c7ccc8c(c7)-c7ccccc7C8(c7ccccc7)c7ccccc7)cc6)c5)cc43)c2)cc1. The van der Waals surface area contributed by atoms with Crippen molar-refractivity contribution in [2.24, 2.45) is 0 Å². The number of aromatic nitrogens is 1. The van der Waals surface area contributed by atoms with Crippen LogP contribution in [0, 0.1) is 0 Å². The Kier molecular flexibility index (Phi) is 9.77. The molecule has 0 bridgehead atoms. The normalized spacial score (nSPS) is 12.5. The highest BCUT2D eigenvalue weighted by Gasteiger charge is 2.46. The molecule has 0 spiro atoms. The second-order valence-electron chi connectivity index (χ2n) is 18.1. The zero-order valence-corrected chi connectivity index (χ0v) is 38.0. The average Bonchev–Trinajstić information content (AvgIpc) is 3.92. The number of hydrogen-bond donors (Lipinski definition) is 0. The van der Waals surface area contributed by atoms with E-state index in [2.05, 4.69) is 289 Å². The Morgan fingerprint density at radius 1 is 0.275 bits per heavy atom. The lowest BCUT2D eigenvalue weighted by atomic mass is 9.68. The standard InChI is InChI=1S/C67H46N2/c1-5-19-47(20-6-1)51-23-18-30-57(44-51)69-65-34-16-14-32-60(65)61-41-37-52(45-66(61)69)50-22-17-21-49(43-50)48-35-38-56(39-36-48)68(55-28-11-4-12-29-55)58-40-42-64-62(46-58)59-31-13-15-33-63(59)67(64,53-24-7-2-8-25-53)54-26-9-3-10-27-54/h1-46H. The van der Waals surface area contributed by atoms with Crippen molar-refractivity contribution in [2.75, 3.05) is 4.90 Å². The molecule has 0 aliphatic heterocycles. The maximum absolute atomic E-state index is 2.42. The highest BCUT2D eigenvalue weighted by atomic mass is 15.1. The Balaban J connectivity index is 0.879. The molecule has 0 saturated carbocycles. The molecule has 13 rings (SSSR count). The fourth-order valence-electron chi connectivity index (χ4n) is 11.2. The molecule has 0 fully saturated rings. The highest BCUT2D eigenvalue weighted by molar-refractivity contribution is 6.10. The molecule has 1 aliphatic rings. The van der Waals surface area contributed by atoms with Crippen molar-refractivity contribution in [3.63, 3.8) is 0 Å². The highest BCUT2D eigenvalue weighted by Crippen LogP contribution is 2.57. The Morgan fingerprint density at radius 3 is 1.51 bits per heavy atom. The van der Waals surface area contributed by atoms with Gasteiger partial charge in [-0.25, -0.2) is 0 Å². The van der Waals surface area contributed by atoms with E-state index in [0.29, 0.717) is 0 Å². The van der Waals surface area contributed by atoms with Crippen LogP contribution in [-0.4, -0.2) is 4.57 Å². The maximum Gasteiger partial charge on any atom is 0.0713 e. The van der Waals surface area contributed by atoms with Crippen LogP contribution < -0.4 is 4.90 Å². The van der Waals surface area contributed by atoms with E-state index in [1.54, 1.807) is 0 Å². The number of nitrogens with zero attached hydrogens (tertiary/aromatic N) is 2.